The molecule has 1 fully saturated rings. The summed E-state index contributed by atoms with van der Waals surface area (Å²) in [6.45, 7) is -0.00744. The number of rotatable bonds is 8. The van der Waals surface area contributed by atoms with E-state index in [0.29, 0.717) is 40.1 Å². The summed E-state index contributed by atoms with van der Waals surface area (Å²) >= 11 is 13.0. The number of benzene rings is 3. The predicted molar refractivity (Wildman–Crippen MR) is 160 cm³/mol. The Morgan fingerprint density at radius 1 is 1.02 bits per heavy atom. The van der Waals surface area contributed by atoms with E-state index < -0.39 is 40.0 Å². The minimum absolute atomic E-state index is 0.00744. The Morgan fingerprint density at radius 2 is 1.79 bits per heavy atom. The van der Waals surface area contributed by atoms with Gasteiger partial charge in [-0.05, 0) is 59.9 Å². The van der Waals surface area contributed by atoms with Crippen molar-refractivity contribution in [2.24, 2.45) is 0 Å². The number of nitrogens with one attached hydrogen (secondary N) is 2. The lowest BCUT2D eigenvalue weighted by atomic mass is 9.76. The second-order valence-corrected chi connectivity index (χ2v) is 13.3. The van der Waals surface area contributed by atoms with Crippen molar-refractivity contribution in [1.29, 1.82) is 0 Å². The molecule has 4 unspecified atom stereocenters. The first-order valence-electron chi connectivity index (χ1n) is 13.6. The molecule has 3 aromatic rings. The van der Waals surface area contributed by atoms with Crippen LogP contribution in [-0.2, 0) is 26.3 Å². The number of phenols is 1. The number of hydrogen-bond acceptors (Lipinski definition) is 6. The number of phenolic OH excluding ortho intramolecular Hbond substituents is 1. The van der Waals surface area contributed by atoms with Gasteiger partial charge in [-0.2, -0.15) is 0 Å². The van der Waals surface area contributed by atoms with Crippen LogP contribution in [0.15, 0.2) is 66.7 Å². The number of carbonyl (C=O) groups is 2. The highest BCUT2D eigenvalue weighted by atomic mass is 35.5. The minimum Gasteiger partial charge on any atom is -0.508 e. The van der Waals surface area contributed by atoms with Crippen molar-refractivity contribution in [3.05, 3.63) is 99.0 Å². The Bertz CT molecular complexity index is 1600. The van der Waals surface area contributed by atoms with Crippen molar-refractivity contribution in [2.75, 3.05) is 6.26 Å². The van der Waals surface area contributed by atoms with Crippen LogP contribution in [0.3, 0.4) is 0 Å². The highest BCUT2D eigenvalue weighted by Crippen LogP contribution is 2.47. The molecule has 2 aliphatic rings. The standard InChI is InChI=1S/C30H31Cl2N3O6S/c1-42(39,40)34-25-11-4-5-12-26(25)35-28(23-14-13-19(31)16-24(23)32)27(21-9-2-3-10-22(21)30(35)38)29(37)33-41-17-18-7-6-8-20(36)15-18/h2-3,6-10,13-16,25-28,34,36H,4-5,11-12,17H2,1H3,(H,33,37). The Kier molecular flexibility index (Phi) is 9.10. The van der Waals surface area contributed by atoms with E-state index in [1.54, 1.807) is 59.5 Å². The van der Waals surface area contributed by atoms with Gasteiger partial charge in [0.2, 0.25) is 10.0 Å². The molecule has 4 atom stereocenters. The Balaban J connectivity index is 1.59. The summed E-state index contributed by atoms with van der Waals surface area (Å²) in [7, 11) is -3.59. The largest absolute Gasteiger partial charge is 0.508 e. The second-order valence-electron chi connectivity index (χ2n) is 10.7. The number of hydrogen-bond donors (Lipinski definition) is 3. The topological polar surface area (TPSA) is 125 Å². The SMILES string of the molecule is CS(=O)(=O)NC1CCCCC1N1C(=O)c2ccccc2C(C(=O)NOCc2cccc(O)c2)C1c1ccc(Cl)cc1Cl. The van der Waals surface area contributed by atoms with E-state index in [1.165, 1.54) is 12.1 Å². The highest BCUT2D eigenvalue weighted by molar-refractivity contribution is 7.88. The molecule has 1 aliphatic carbocycles. The summed E-state index contributed by atoms with van der Waals surface area (Å²) in [6, 6.07) is 16.3. The Hall–Kier alpha value is -3.15. The van der Waals surface area contributed by atoms with Crippen LogP contribution in [0.1, 0.15) is 64.7 Å². The Labute approximate surface area is 254 Å². The van der Waals surface area contributed by atoms with Gasteiger partial charge in [-0.15, -0.1) is 0 Å². The molecular formula is C30H31Cl2N3O6S. The van der Waals surface area contributed by atoms with Crippen molar-refractivity contribution in [2.45, 2.75) is 56.3 Å². The lowest BCUT2D eigenvalue weighted by Gasteiger charge is -2.49. The molecule has 0 radical (unpaired) electrons. The predicted octanol–water partition coefficient (Wildman–Crippen LogP) is 5.09. The van der Waals surface area contributed by atoms with Crippen molar-refractivity contribution < 1.29 is 28.0 Å². The molecule has 3 N–H and O–H groups in total. The molecule has 2 amide bonds. The van der Waals surface area contributed by atoms with E-state index in [2.05, 4.69) is 10.2 Å². The van der Waals surface area contributed by atoms with Gasteiger partial charge >= 0.3 is 0 Å². The second kappa shape index (κ2) is 12.6. The average molecular weight is 633 g/mol. The summed E-state index contributed by atoms with van der Waals surface area (Å²) < 4.78 is 27.4. The van der Waals surface area contributed by atoms with E-state index in [0.717, 1.165) is 19.1 Å². The van der Waals surface area contributed by atoms with Gasteiger partial charge in [0.1, 0.15) is 5.75 Å². The highest BCUT2D eigenvalue weighted by Gasteiger charge is 2.49. The lowest BCUT2D eigenvalue weighted by Crippen LogP contribution is -2.59. The van der Waals surface area contributed by atoms with Gasteiger partial charge in [-0.25, -0.2) is 18.6 Å². The quantitative estimate of drug-likeness (QED) is 0.298. The molecule has 1 aliphatic heterocycles. The molecule has 222 valence electrons. The van der Waals surface area contributed by atoms with E-state index in [4.69, 9.17) is 28.0 Å². The molecule has 3 aromatic carbocycles. The molecule has 12 heteroatoms. The van der Waals surface area contributed by atoms with Gasteiger partial charge in [-0.3, -0.25) is 14.4 Å². The third-order valence-corrected chi connectivity index (χ3v) is 9.01. The van der Waals surface area contributed by atoms with Crippen LogP contribution in [0, 0.1) is 0 Å². The van der Waals surface area contributed by atoms with Crippen molar-refractivity contribution in [3.8, 4) is 5.75 Å². The van der Waals surface area contributed by atoms with Gasteiger partial charge in [0, 0.05) is 27.7 Å². The first-order chi connectivity index (χ1) is 20.0. The van der Waals surface area contributed by atoms with Crippen LogP contribution in [0.5, 0.6) is 5.75 Å². The van der Waals surface area contributed by atoms with Gasteiger partial charge in [0.25, 0.3) is 11.8 Å². The molecule has 1 heterocycles. The summed E-state index contributed by atoms with van der Waals surface area (Å²) in [5, 5.41) is 10.4. The molecule has 0 aromatic heterocycles. The van der Waals surface area contributed by atoms with Gasteiger partial charge < -0.3 is 10.0 Å². The van der Waals surface area contributed by atoms with Crippen LogP contribution in [0.4, 0.5) is 0 Å². The van der Waals surface area contributed by atoms with E-state index in [9.17, 15) is 23.1 Å². The zero-order chi connectivity index (χ0) is 30.0. The number of nitrogens with zero attached hydrogens (tertiary/aromatic N) is 1. The molecule has 0 bridgehead atoms. The monoisotopic (exact) mass is 631 g/mol. The first kappa shape index (κ1) is 30.3. The van der Waals surface area contributed by atoms with Crippen molar-refractivity contribution in [1.82, 2.24) is 15.1 Å². The number of sulfonamides is 1. The van der Waals surface area contributed by atoms with Gasteiger partial charge in [-0.1, -0.05) is 72.4 Å². The zero-order valence-corrected chi connectivity index (χ0v) is 25.1. The fourth-order valence-electron chi connectivity index (χ4n) is 6.03. The molecule has 9 nitrogen and oxygen atoms in total. The summed E-state index contributed by atoms with van der Waals surface area (Å²) in [6.07, 6.45) is 3.74. The Morgan fingerprint density at radius 3 is 2.52 bits per heavy atom. The number of halogens is 2. The third-order valence-electron chi connectivity index (χ3n) is 7.71. The van der Waals surface area contributed by atoms with Gasteiger partial charge in [0.05, 0.1) is 24.8 Å². The maximum absolute atomic E-state index is 14.3. The van der Waals surface area contributed by atoms with Crippen LogP contribution in [0.2, 0.25) is 10.0 Å². The van der Waals surface area contributed by atoms with Crippen LogP contribution < -0.4 is 10.2 Å². The van der Waals surface area contributed by atoms with Crippen LogP contribution >= 0.6 is 23.2 Å². The molecular weight excluding hydrogens is 601 g/mol. The van der Waals surface area contributed by atoms with E-state index in [-0.39, 0.29) is 23.3 Å². The molecule has 1 saturated carbocycles. The maximum Gasteiger partial charge on any atom is 0.255 e. The van der Waals surface area contributed by atoms with Gasteiger partial charge in [0.15, 0.2) is 0 Å². The molecule has 5 rings (SSSR count). The zero-order valence-electron chi connectivity index (χ0n) is 22.8. The molecule has 42 heavy (non-hydrogen) atoms. The smallest absolute Gasteiger partial charge is 0.255 e. The summed E-state index contributed by atoms with van der Waals surface area (Å²) in [4.78, 5) is 35.5. The summed E-state index contributed by atoms with van der Waals surface area (Å²) in [5.41, 5.74) is 4.52. The van der Waals surface area contributed by atoms with E-state index >= 15 is 0 Å². The third kappa shape index (κ3) is 6.58. The molecule has 0 saturated heterocycles. The fourth-order valence-corrected chi connectivity index (χ4v) is 7.37. The average Bonchev–Trinajstić information content (AvgIpc) is 2.93. The number of fused-ring (bicyclic) bond motifs is 1. The lowest BCUT2D eigenvalue weighted by molar-refractivity contribution is -0.138. The number of aromatic hydroxyl groups is 1. The van der Waals surface area contributed by atoms with Crippen LogP contribution in [-0.4, -0.2) is 48.6 Å². The van der Waals surface area contributed by atoms with Crippen molar-refractivity contribution >= 4 is 45.0 Å². The molecule has 0 spiro atoms. The summed E-state index contributed by atoms with van der Waals surface area (Å²) in [5.74, 6) is -1.72. The number of amides is 2. The fraction of sp³-hybridized carbons (Fsp3) is 0.333. The van der Waals surface area contributed by atoms with Crippen LogP contribution in [0.25, 0.3) is 0 Å². The van der Waals surface area contributed by atoms with Crippen molar-refractivity contribution in [3.63, 3.8) is 0 Å². The number of carbonyl (C=O) groups excluding carboxylic acids is 2. The number of hydroxylamine groups is 1. The van der Waals surface area contributed by atoms with E-state index in [1.807, 2.05) is 0 Å². The normalized spacial score (nSPS) is 22.5. The maximum atomic E-state index is 14.3. The minimum atomic E-state index is -3.59. The first-order valence-corrected chi connectivity index (χ1v) is 16.2.